The highest BCUT2D eigenvalue weighted by molar-refractivity contribution is 5.87. The van der Waals surface area contributed by atoms with Crippen molar-refractivity contribution >= 4 is 24.0 Å². The van der Waals surface area contributed by atoms with Gasteiger partial charge < -0.3 is 10.6 Å². The monoisotopic (exact) mass is 828 g/mol. The highest BCUT2D eigenvalue weighted by atomic mass is 16.2. The summed E-state index contributed by atoms with van der Waals surface area (Å²) in [5.41, 5.74) is 9.34. The lowest BCUT2D eigenvalue weighted by Crippen LogP contribution is -2.53. The lowest BCUT2D eigenvalue weighted by atomic mass is 9.41. The van der Waals surface area contributed by atoms with E-state index < -0.39 is 22.9 Å². The first-order chi connectivity index (χ1) is 30.3. The third-order valence-electron chi connectivity index (χ3n) is 13.2. The number of amides is 4. The number of nitrogens with zero attached hydrogens (tertiary/aromatic N) is 2. The molecular weight excluding hydrogens is 777 g/mol. The van der Waals surface area contributed by atoms with Crippen molar-refractivity contribution in [1.29, 1.82) is 0 Å². The number of H-pyrrole nitrogens is 2. The van der Waals surface area contributed by atoms with Gasteiger partial charge in [-0.15, -0.1) is 0 Å². The van der Waals surface area contributed by atoms with Crippen LogP contribution in [0, 0.1) is 0 Å². The third kappa shape index (κ3) is 7.06. The van der Waals surface area contributed by atoms with Crippen LogP contribution in [0.15, 0.2) is 119 Å². The SMILES string of the molecule is CCCCNC(=O)Nc1nc(CCC23c4ccccc4C(c4ccccc42)C2(CCc4cc(=O)[nH]c(NC(=O)NCCCC)n4)c4ccccc4C3c3ccccc32)cc(=O)[nH]1. The van der Waals surface area contributed by atoms with Gasteiger partial charge in [-0.2, -0.15) is 0 Å². The number of carbonyl (C=O) groups excluding carboxylic acids is 2. The van der Waals surface area contributed by atoms with Crippen molar-refractivity contribution < 1.29 is 9.59 Å². The maximum absolute atomic E-state index is 13.1. The maximum Gasteiger partial charge on any atom is 0.321 e. The minimum absolute atomic E-state index is 0.116. The van der Waals surface area contributed by atoms with E-state index in [1.165, 1.54) is 44.5 Å². The number of hydrogen-bond donors (Lipinski definition) is 6. The molecule has 6 aromatic rings. The zero-order valence-electron chi connectivity index (χ0n) is 35.1. The normalized spacial score (nSPS) is 19.8. The predicted octanol–water partition coefficient (Wildman–Crippen LogP) is 8.14. The van der Waals surface area contributed by atoms with Gasteiger partial charge in [-0.25, -0.2) is 19.6 Å². The minimum atomic E-state index is -0.579. The highest BCUT2D eigenvalue weighted by Gasteiger charge is 2.62. The molecule has 2 heterocycles. The molecule has 0 radical (unpaired) electrons. The van der Waals surface area contributed by atoms with Crippen molar-refractivity contribution in [2.45, 2.75) is 87.9 Å². The third-order valence-corrected chi connectivity index (χ3v) is 13.2. The van der Waals surface area contributed by atoms with Crippen LogP contribution in [0.3, 0.4) is 0 Å². The van der Waals surface area contributed by atoms with Crippen LogP contribution < -0.4 is 32.4 Å². The van der Waals surface area contributed by atoms with Crippen molar-refractivity contribution in [3.8, 4) is 0 Å². The van der Waals surface area contributed by atoms with Crippen molar-refractivity contribution in [1.82, 2.24) is 30.6 Å². The van der Waals surface area contributed by atoms with Gasteiger partial charge in [-0.05, 0) is 83.0 Å². The van der Waals surface area contributed by atoms with Gasteiger partial charge in [0, 0.05) is 59.3 Å². The standard InChI is InChI=1S/C50H52N8O4/c1-3-5-27-51-47(61)57-45-53-31(29-41(59)55-45)23-25-49-37-19-11-7-15-33(37)44(34-16-8-12-20-38(34)49)50(39-21-13-9-17-35(39)43(49)36-18-10-14-22-40(36)50)26-24-32-30-42(60)56-46(54-32)58-48(62)52-28-6-4-2/h7-22,29-30,43-44H,3-6,23-28H2,1-2H3,(H3,51,53,55,57,59,61)(H3,52,54,56,58,60,62). The lowest BCUT2D eigenvalue weighted by Gasteiger charge is -2.61. The molecule has 12 nitrogen and oxygen atoms in total. The average molecular weight is 829 g/mol. The first kappa shape index (κ1) is 40.6. The number of unbranched alkanes of at least 4 members (excludes halogenated alkanes) is 2. The van der Waals surface area contributed by atoms with Crippen LogP contribution in [-0.4, -0.2) is 45.1 Å². The Balaban J connectivity index is 1.18. The van der Waals surface area contributed by atoms with E-state index in [-0.39, 0.29) is 34.9 Å². The molecule has 0 unspecified atom stereocenters. The summed E-state index contributed by atoms with van der Waals surface area (Å²) in [5.74, 6) is 0.00478. The van der Waals surface area contributed by atoms with Gasteiger partial charge >= 0.3 is 12.1 Å². The quantitative estimate of drug-likeness (QED) is 0.0605. The second-order valence-electron chi connectivity index (χ2n) is 16.8. The van der Waals surface area contributed by atoms with Crippen LogP contribution in [0.4, 0.5) is 21.5 Å². The Hall–Kier alpha value is -6.82. The molecule has 4 aromatic carbocycles. The van der Waals surface area contributed by atoms with Gasteiger partial charge in [0.05, 0.1) is 0 Å². The van der Waals surface area contributed by atoms with E-state index in [1.807, 2.05) is 0 Å². The molecule has 0 saturated heterocycles. The van der Waals surface area contributed by atoms with E-state index >= 15 is 0 Å². The Morgan fingerprint density at radius 1 is 0.548 bits per heavy atom. The molecule has 12 rings (SSSR count). The first-order valence-corrected chi connectivity index (χ1v) is 21.9. The number of hydrogen-bond acceptors (Lipinski definition) is 6. The summed E-state index contributed by atoms with van der Waals surface area (Å²) in [6, 6.07) is 37.6. The second-order valence-corrected chi connectivity index (χ2v) is 16.8. The zero-order valence-corrected chi connectivity index (χ0v) is 35.1. The average Bonchev–Trinajstić information content (AvgIpc) is 3.26. The summed E-state index contributed by atoms with van der Waals surface area (Å²) < 4.78 is 0. The Bertz CT molecular complexity index is 2490. The second kappa shape index (κ2) is 16.9. The molecule has 12 heteroatoms. The Labute approximate surface area is 360 Å². The van der Waals surface area contributed by atoms with E-state index in [0.29, 0.717) is 50.2 Å². The number of aromatic nitrogens is 4. The fourth-order valence-electron chi connectivity index (χ4n) is 10.9. The molecule has 0 atom stereocenters. The van der Waals surface area contributed by atoms with Crippen molar-refractivity contribution in [2.75, 3.05) is 23.7 Å². The summed E-state index contributed by atoms with van der Waals surface area (Å²) in [4.78, 5) is 66.7. The molecule has 6 aliphatic carbocycles. The van der Waals surface area contributed by atoms with Gasteiger partial charge in [0.1, 0.15) is 0 Å². The van der Waals surface area contributed by atoms with Crippen LogP contribution >= 0.6 is 0 Å². The molecule has 6 aliphatic rings. The Morgan fingerprint density at radius 2 is 0.887 bits per heavy atom. The number of nitrogens with one attached hydrogen (secondary N) is 6. The number of aromatic amines is 2. The molecular formula is C50H52N8O4. The molecule has 316 valence electrons. The number of carbonyl (C=O) groups is 2. The number of benzene rings is 4. The number of aryl methyl sites for hydroxylation is 2. The molecule has 0 saturated carbocycles. The summed E-state index contributed by atoms with van der Waals surface area (Å²) in [6.07, 6.45) is 5.79. The van der Waals surface area contributed by atoms with Gasteiger partial charge in [0.15, 0.2) is 0 Å². The fraction of sp³-hybridized carbons (Fsp3) is 0.320. The largest absolute Gasteiger partial charge is 0.338 e. The van der Waals surface area contributed by atoms with Crippen molar-refractivity contribution in [3.63, 3.8) is 0 Å². The summed E-state index contributed by atoms with van der Waals surface area (Å²) in [6.45, 7) is 5.17. The molecule has 2 aromatic heterocycles. The van der Waals surface area contributed by atoms with E-state index in [0.717, 1.165) is 25.7 Å². The summed E-state index contributed by atoms with van der Waals surface area (Å²) >= 11 is 0. The Morgan fingerprint density at radius 3 is 1.23 bits per heavy atom. The van der Waals surface area contributed by atoms with Crippen molar-refractivity contribution in [2.24, 2.45) is 0 Å². The van der Waals surface area contributed by atoms with Crippen LogP contribution in [0.25, 0.3) is 0 Å². The van der Waals surface area contributed by atoms with Gasteiger partial charge in [0.25, 0.3) is 11.1 Å². The van der Waals surface area contributed by atoms with Crippen LogP contribution in [0.1, 0.15) is 120 Å². The van der Waals surface area contributed by atoms with Gasteiger partial charge in [-0.1, -0.05) is 124 Å². The minimum Gasteiger partial charge on any atom is -0.338 e. The van der Waals surface area contributed by atoms with E-state index in [9.17, 15) is 19.2 Å². The molecule has 6 N–H and O–H groups in total. The van der Waals surface area contributed by atoms with E-state index in [1.54, 1.807) is 12.1 Å². The van der Waals surface area contributed by atoms with Gasteiger partial charge in [0.2, 0.25) is 11.9 Å². The molecule has 62 heavy (non-hydrogen) atoms. The lowest BCUT2D eigenvalue weighted by molar-refractivity contribution is 0.251. The van der Waals surface area contributed by atoms with E-state index in [2.05, 4.69) is 142 Å². The van der Waals surface area contributed by atoms with Crippen molar-refractivity contribution in [3.05, 3.63) is 186 Å². The number of anilines is 2. The number of rotatable bonds is 14. The van der Waals surface area contributed by atoms with Crippen LogP contribution in [0.5, 0.6) is 0 Å². The van der Waals surface area contributed by atoms with Gasteiger partial charge in [-0.3, -0.25) is 30.2 Å². The number of urea groups is 2. The zero-order chi connectivity index (χ0) is 42.8. The highest BCUT2D eigenvalue weighted by Crippen LogP contribution is 2.70. The summed E-state index contributed by atoms with van der Waals surface area (Å²) in [5, 5.41) is 11.2. The van der Waals surface area contributed by atoms with Crippen LogP contribution in [0.2, 0.25) is 0 Å². The molecule has 4 amide bonds. The maximum atomic E-state index is 13.1. The van der Waals surface area contributed by atoms with E-state index in [4.69, 9.17) is 9.97 Å². The molecule has 0 aliphatic heterocycles. The molecule has 0 fully saturated rings. The Kier molecular flexibility index (Phi) is 11.1. The molecule has 4 bridgehead atoms. The smallest absolute Gasteiger partial charge is 0.321 e. The fourth-order valence-corrected chi connectivity index (χ4v) is 10.9. The molecule has 0 spiro atoms. The summed E-state index contributed by atoms with van der Waals surface area (Å²) in [7, 11) is 0. The topological polar surface area (TPSA) is 174 Å². The first-order valence-electron chi connectivity index (χ1n) is 21.9. The van der Waals surface area contributed by atoms with Crippen LogP contribution in [-0.2, 0) is 23.7 Å². The predicted molar refractivity (Wildman–Crippen MR) is 241 cm³/mol.